The Morgan fingerprint density at radius 1 is 0.938 bits per heavy atom. The van der Waals surface area contributed by atoms with Gasteiger partial charge >= 0.3 is 5.97 Å². The van der Waals surface area contributed by atoms with E-state index in [1.54, 1.807) is 30.3 Å². The van der Waals surface area contributed by atoms with Crippen LogP contribution in [-0.2, 0) is 0 Å². The van der Waals surface area contributed by atoms with Crippen molar-refractivity contribution in [1.82, 2.24) is 15.2 Å². The fraction of sp³-hybridized carbons (Fsp3) is 0. The number of nitrogen functional groups attached to an aromatic ring is 1. The fourth-order valence-electron chi connectivity index (χ4n) is 2.84. The third-order valence-corrected chi connectivity index (χ3v) is 4.38. The van der Waals surface area contributed by atoms with E-state index in [-0.39, 0.29) is 23.0 Å². The number of nitrogens with two attached hydrogens (primary N) is 2. The van der Waals surface area contributed by atoms with E-state index in [4.69, 9.17) is 16.2 Å². The van der Waals surface area contributed by atoms with Crippen LogP contribution in [0.3, 0.4) is 0 Å². The van der Waals surface area contributed by atoms with E-state index >= 15 is 0 Å². The van der Waals surface area contributed by atoms with Crippen molar-refractivity contribution in [3.63, 3.8) is 0 Å². The van der Waals surface area contributed by atoms with E-state index < -0.39 is 5.97 Å². The van der Waals surface area contributed by atoms with Crippen molar-refractivity contribution in [2.45, 2.75) is 0 Å². The van der Waals surface area contributed by atoms with Gasteiger partial charge in [0.1, 0.15) is 0 Å². The summed E-state index contributed by atoms with van der Waals surface area (Å²) in [5.74, 6) is 0.0294. The normalized spacial score (nSPS) is 11.1. The Morgan fingerprint density at radius 2 is 1.72 bits per heavy atom. The molecule has 0 spiro atoms. The lowest BCUT2D eigenvalue weighted by molar-refractivity contribution is 0.0737. The summed E-state index contributed by atoms with van der Waals surface area (Å²) in [6, 6.07) is 21.5. The van der Waals surface area contributed by atoms with Crippen LogP contribution in [0.1, 0.15) is 10.4 Å². The molecule has 0 atom stereocenters. The minimum absolute atomic E-state index is 0.0543. The molecule has 158 valence electrons. The molecule has 0 fully saturated rings. The van der Waals surface area contributed by atoms with Crippen LogP contribution in [0.5, 0.6) is 5.75 Å². The lowest BCUT2D eigenvalue weighted by Crippen LogP contribution is -2.23. The Kier molecular flexibility index (Phi) is 5.98. The average Bonchev–Trinajstić information content (AvgIpc) is 2.81. The van der Waals surface area contributed by atoms with Gasteiger partial charge in [-0.2, -0.15) is 4.99 Å². The molecule has 4 aromatic rings. The van der Waals surface area contributed by atoms with Crippen LogP contribution in [0.25, 0.3) is 11.3 Å². The zero-order valence-electron chi connectivity index (χ0n) is 16.8. The van der Waals surface area contributed by atoms with Gasteiger partial charge in [0.2, 0.25) is 0 Å². The van der Waals surface area contributed by atoms with Crippen LogP contribution in [-0.4, -0.2) is 27.1 Å². The Bertz CT molecular complexity index is 1260. The lowest BCUT2D eigenvalue weighted by Gasteiger charge is -2.12. The van der Waals surface area contributed by atoms with E-state index in [0.717, 1.165) is 11.3 Å². The summed E-state index contributed by atoms with van der Waals surface area (Å²) >= 11 is 0. The van der Waals surface area contributed by atoms with Gasteiger partial charge in [0, 0.05) is 11.8 Å². The maximum absolute atomic E-state index is 12.5. The standard InChI is InChI=1S/C23H19N7O2/c24-17-14-26-13-12-16(17)22(31)32-20-9-5-4-8-19(20)27-23(25)28-21-11-10-18(29-30-21)15-6-2-1-3-7-15/h1-14H,24H2,(H3,25,27,28,30). The van der Waals surface area contributed by atoms with Crippen molar-refractivity contribution in [3.05, 3.63) is 90.8 Å². The Morgan fingerprint density at radius 3 is 2.47 bits per heavy atom. The molecule has 0 aliphatic heterocycles. The highest BCUT2D eigenvalue weighted by atomic mass is 16.5. The molecule has 0 aliphatic rings. The number of para-hydroxylation sites is 2. The second-order valence-electron chi connectivity index (χ2n) is 6.61. The van der Waals surface area contributed by atoms with Crippen LogP contribution >= 0.6 is 0 Å². The topological polar surface area (TPSA) is 141 Å². The molecule has 0 saturated heterocycles. The molecule has 0 amide bonds. The van der Waals surface area contributed by atoms with Gasteiger partial charge in [-0.1, -0.05) is 42.5 Å². The highest BCUT2D eigenvalue weighted by Gasteiger charge is 2.14. The predicted octanol–water partition coefficient (Wildman–Crippen LogP) is 3.40. The number of ether oxygens (including phenoxy) is 1. The Balaban J connectivity index is 1.49. The number of hydrogen-bond acceptors (Lipinski definition) is 7. The number of carbonyl (C=O) groups is 1. The molecule has 2 aromatic heterocycles. The minimum Gasteiger partial charge on any atom is -0.421 e. The number of guanidine groups is 1. The second kappa shape index (κ2) is 9.35. The molecule has 0 aliphatic carbocycles. The van der Waals surface area contributed by atoms with E-state index in [0.29, 0.717) is 11.5 Å². The average molecular weight is 425 g/mol. The second-order valence-corrected chi connectivity index (χ2v) is 6.61. The van der Waals surface area contributed by atoms with Gasteiger partial charge < -0.3 is 21.5 Å². The van der Waals surface area contributed by atoms with Crippen molar-refractivity contribution in [2.24, 2.45) is 10.7 Å². The molecular weight excluding hydrogens is 406 g/mol. The SMILES string of the molecule is NC(=Nc1ccc(-c2ccccc2)nn1)Nc1ccccc1OC(=O)c1ccncc1N. The quantitative estimate of drug-likeness (QED) is 0.191. The van der Waals surface area contributed by atoms with E-state index in [2.05, 4.69) is 25.5 Å². The maximum atomic E-state index is 12.5. The zero-order valence-corrected chi connectivity index (χ0v) is 16.8. The minimum atomic E-state index is -0.614. The largest absolute Gasteiger partial charge is 0.421 e. The number of hydrogen-bond donors (Lipinski definition) is 3. The number of aromatic nitrogens is 3. The number of benzene rings is 2. The molecule has 5 N–H and O–H groups in total. The number of rotatable bonds is 5. The van der Waals surface area contributed by atoms with Crippen molar-refractivity contribution in [1.29, 1.82) is 0 Å². The third kappa shape index (κ3) is 4.85. The maximum Gasteiger partial charge on any atom is 0.345 e. The first-order valence-electron chi connectivity index (χ1n) is 9.61. The van der Waals surface area contributed by atoms with Gasteiger partial charge in [0.05, 0.1) is 28.8 Å². The first-order valence-corrected chi connectivity index (χ1v) is 9.61. The summed E-state index contributed by atoms with van der Waals surface area (Å²) < 4.78 is 5.48. The molecule has 9 heteroatoms. The monoisotopic (exact) mass is 425 g/mol. The van der Waals surface area contributed by atoms with Crippen molar-refractivity contribution < 1.29 is 9.53 Å². The number of aliphatic imine (C=N–C) groups is 1. The summed E-state index contributed by atoms with van der Waals surface area (Å²) in [7, 11) is 0. The number of esters is 1. The van der Waals surface area contributed by atoms with Gasteiger partial charge in [0.25, 0.3) is 0 Å². The molecule has 0 unspecified atom stereocenters. The van der Waals surface area contributed by atoms with E-state index in [9.17, 15) is 4.79 Å². The summed E-state index contributed by atoms with van der Waals surface area (Å²) in [6.07, 6.45) is 2.85. The molecule has 0 bridgehead atoms. The van der Waals surface area contributed by atoms with Crippen LogP contribution < -0.4 is 21.5 Å². The number of pyridine rings is 1. The van der Waals surface area contributed by atoms with Gasteiger partial charge in [-0.15, -0.1) is 10.2 Å². The van der Waals surface area contributed by atoms with Crippen LogP contribution in [0, 0.1) is 0 Å². The van der Waals surface area contributed by atoms with E-state index in [1.807, 2.05) is 36.4 Å². The molecule has 4 rings (SSSR count). The Labute approximate surface area is 183 Å². The molecule has 2 aromatic carbocycles. The predicted molar refractivity (Wildman–Crippen MR) is 122 cm³/mol. The molecule has 2 heterocycles. The summed E-state index contributed by atoms with van der Waals surface area (Å²) in [6.45, 7) is 0. The summed E-state index contributed by atoms with van der Waals surface area (Å²) in [4.78, 5) is 20.6. The van der Waals surface area contributed by atoms with Gasteiger partial charge in [-0.25, -0.2) is 4.79 Å². The third-order valence-electron chi connectivity index (χ3n) is 4.38. The van der Waals surface area contributed by atoms with Gasteiger partial charge in [0.15, 0.2) is 17.5 Å². The molecular formula is C23H19N7O2. The highest BCUT2D eigenvalue weighted by molar-refractivity contribution is 5.98. The van der Waals surface area contributed by atoms with E-state index in [1.165, 1.54) is 18.5 Å². The number of carbonyl (C=O) groups excluding carboxylic acids is 1. The molecule has 9 nitrogen and oxygen atoms in total. The van der Waals surface area contributed by atoms with Crippen LogP contribution in [0.2, 0.25) is 0 Å². The lowest BCUT2D eigenvalue weighted by atomic mass is 10.1. The first kappa shape index (κ1) is 20.5. The van der Waals surface area contributed by atoms with Crippen molar-refractivity contribution in [2.75, 3.05) is 11.1 Å². The van der Waals surface area contributed by atoms with Crippen molar-refractivity contribution >= 4 is 29.1 Å². The van der Waals surface area contributed by atoms with Gasteiger partial charge in [-0.3, -0.25) is 4.98 Å². The first-order chi connectivity index (χ1) is 15.6. The summed E-state index contributed by atoms with van der Waals surface area (Å²) in [5.41, 5.74) is 14.4. The van der Waals surface area contributed by atoms with Crippen molar-refractivity contribution in [3.8, 4) is 17.0 Å². The molecule has 0 radical (unpaired) electrons. The highest BCUT2D eigenvalue weighted by Crippen LogP contribution is 2.25. The molecule has 32 heavy (non-hydrogen) atoms. The number of nitrogens with one attached hydrogen (secondary N) is 1. The zero-order chi connectivity index (χ0) is 22.3. The smallest absolute Gasteiger partial charge is 0.345 e. The van der Waals surface area contributed by atoms with Crippen LogP contribution in [0.4, 0.5) is 17.2 Å². The fourth-order valence-corrected chi connectivity index (χ4v) is 2.84. The molecule has 0 saturated carbocycles. The van der Waals surface area contributed by atoms with Gasteiger partial charge in [-0.05, 0) is 30.3 Å². The summed E-state index contributed by atoms with van der Waals surface area (Å²) in [5, 5.41) is 11.2. The number of anilines is 2. The van der Waals surface area contributed by atoms with Crippen LogP contribution in [0.15, 0.2) is 90.2 Å². The Hall–Kier alpha value is -4.79. The number of nitrogens with zero attached hydrogens (tertiary/aromatic N) is 4.